The van der Waals surface area contributed by atoms with Crippen molar-refractivity contribution in [1.29, 1.82) is 0 Å². The van der Waals surface area contributed by atoms with Gasteiger partial charge in [0.15, 0.2) is 0 Å². The molecule has 2 aromatic carbocycles. The van der Waals surface area contributed by atoms with E-state index in [0.717, 1.165) is 31.6 Å². The van der Waals surface area contributed by atoms with Crippen LogP contribution in [0.2, 0.25) is 5.02 Å². The largest absolute Gasteiger partial charge is 0.496 e. The van der Waals surface area contributed by atoms with E-state index in [9.17, 15) is 19.8 Å². The number of halogens is 2. The molecule has 1 fully saturated rings. The summed E-state index contributed by atoms with van der Waals surface area (Å²) in [7, 11) is 1.48. The number of aliphatic hydroxyl groups excluding tert-OH is 1. The topological polar surface area (TPSA) is 92.0 Å². The molecule has 0 unspecified atom stereocenters. The van der Waals surface area contributed by atoms with Gasteiger partial charge in [-0.1, -0.05) is 25.4 Å². The molecule has 2 N–H and O–H groups in total. The molecule has 3 aromatic rings. The molecule has 1 saturated heterocycles. The number of carbonyl (C=O) groups is 1. The lowest BCUT2D eigenvalue weighted by molar-refractivity contribution is 0.0694. The molecule has 4 rings (SSSR count). The van der Waals surface area contributed by atoms with Crippen molar-refractivity contribution in [1.82, 2.24) is 4.57 Å². The van der Waals surface area contributed by atoms with Gasteiger partial charge in [0.2, 0.25) is 5.43 Å². The highest BCUT2D eigenvalue weighted by atomic mass is 35.5. The standard InChI is InChI=1S/C27H30ClFN2O5/c1-15(2)23(14-32)31-13-20(27(34)35)26(33)19-10-16(24(36-3)12-22(19)31)8-17-9-18(11-21(28)25(17)29)30-6-4-5-7-30/h9-13,15,23,32H,4-8,14H2,1-3H3,(H,34,35)/t23-/m1/s1. The minimum Gasteiger partial charge on any atom is -0.496 e. The molecule has 192 valence electrons. The van der Waals surface area contributed by atoms with Crippen LogP contribution in [0, 0.1) is 11.7 Å². The summed E-state index contributed by atoms with van der Waals surface area (Å²) in [4.78, 5) is 27.2. The first-order valence-corrected chi connectivity index (χ1v) is 12.4. The lowest BCUT2D eigenvalue weighted by Crippen LogP contribution is -2.25. The van der Waals surface area contributed by atoms with Crippen LogP contribution in [0.5, 0.6) is 5.75 Å². The molecule has 0 saturated carbocycles. The Hall–Kier alpha value is -3.10. The number of pyridine rings is 1. The van der Waals surface area contributed by atoms with Gasteiger partial charge in [-0.15, -0.1) is 0 Å². The van der Waals surface area contributed by atoms with Crippen LogP contribution in [0.25, 0.3) is 10.9 Å². The second-order valence-electron chi connectivity index (χ2n) is 9.53. The Bertz CT molecular complexity index is 1360. The SMILES string of the molecule is COc1cc2c(cc1Cc1cc(N3CCCC3)cc(Cl)c1F)c(=O)c(C(=O)O)cn2[C@H](CO)C(C)C. The summed E-state index contributed by atoms with van der Waals surface area (Å²) in [6.07, 6.45) is 3.49. The van der Waals surface area contributed by atoms with Gasteiger partial charge in [-0.2, -0.15) is 0 Å². The predicted octanol–water partition coefficient (Wildman–Crippen LogP) is 4.88. The van der Waals surface area contributed by atoms with E-state index in [4.69, 9.17) is 16.3 Å². The van der Waals surface area contributed by atoms with Gasteiger partial charge in [-0.25, -0.2) is 9.18 Å². The third-order valence-corrected chi connectivity index (χ3v) is 7.19. The fourth-order valence-electron chi connectivity index (χ4n) is 4.92. The summed E-state index contributed by atoms with van der Waals surface area (Å²) >= 11 is 6.24. The number of methoxy groups -OCH3 is 1. The zero-order valence-electron chi connectivity index (χ0n) is 20.6. The van der Waals surface area contributed by atoms with E-state index >= 15 is 4.39 Å². The Morgan fingerprint density at radius 2 is 1.86 bits per heavy atom. The maximum Gasteiger partial charge on any atom is 0.341 e. The Morgan fingerprint density at radius 3 is 2.44 bits per heavy atom. The number of hydrogen-bond acceptors (Lipinski definition) is 5. The molecule has 2 heterocycles. The minimum absolute atomic E-state index is 0.0207. The number of hydrogen-bond donors (Lipinski definition) is 2. The summed E-state index contributed by atoms with van der Waals surface area (Å²) < 4.78 is 22.3. The molecule has 0 radical (unpaired) electrons. The van der Waals surface area contributed by atoms with Crippen LogP contribution in [0.1, 0.15) is 54.2 Å². The van der Waals surface area contributed by atoms with Crippen molar-refractivity contribution in [3.05, 3.63) is 68.2 Å². The molecule has 0 bridgehead atoms. The van der Waals surface area contributed by atoms with E-state index in [1.165, 1.54) is 13.3 Å². The zero-order valence-corrected chi connectivity index (χ0v) is 21.3. The van der Waals surface area contributed by atoms with Crippen molar-refractivity contribution in [3.63, 3.8) is 0 Å². The molecule has 0 aliphatic carbocycles. The quantitative estimate of drug-likeness (QED) is 0.443. The molecule has 1 aliphatic heterocycles. The van der Waals surface area contributed by atoms with Crippen LogP contribution in [0.15, 0.2) is 35.3 Å². The van der Waals surface area contributed by atoms with E-state index in [1.54, 1.807) is 28.8 Å². The van der Waals surface area contributed by atoms with E-state index in [0.29, 0.717) is 22.4 Å². The third kappa shape index (κ3) is 4.80. The lowest BCUT2D eigenvalue weighted by atomic mass is 9.98. The van der Waals surface area contributed by atoms with Gasteiger partial charge in [-0.05, 0) is 48.1 Å². The average Bonchev–Trinajstić information content (AvgIpc) is 3.38. The van der Waals surface area contributed by atoms with Gasteiger partial charge < -0.3 is 24.4 Å². The summed E-state index contributed by atoms with van der Waals surface area (Å²) in [6.45, 7) is 5.30. The first-order valence-electron chi connectivity index (χ1n) is 12.0. The fraction of sp³-hybridized carbons (Fsp3) is 0.407. The number of fused-ring (bicyclic) bond motifs is 1. The first-order chi connectivity index (χ1) is 17.2. The predicted molar refractivity (Wildman–Crippen MR) is 138 cm³/mol. The van der Waals surface area contributed by atoms with Crippen LogP contribution in [0.4, 0.5) is 10.1 Å². The lowest BCUT2D eigenvalue weighted by Gasteiger charge is -2.25. The number of aromatic nitrogens is 1. The normalized spacial score (nSPS) is 14.6. The zero-order chi connectivity index (χ0) is 26.1. The molecule has 0 spiro atoms. The Kier molecular flexibility index (Phi) is 7.57. The number of carboxylic acid groups (broad SMARTS) is 1. The smallest absolute Gasteiger partial charge is 0.341 e. The van der Waals surface area contributed by atoms with Crippen molar-refractivity contribution < 1.29 is 24.1 Å². The number of anilines is 1. The number of ether oxygens (including phenoxy) is 1. The van der Waals surface area contributed by atoms with Crippen molar-refractivity contribution in [2.45, 2.75) is 39.2 Å². The molecular weight excluding hydrogens is 487 g/mol. The van der Waals surface area contributed by atoms with Gasteiger partial charge >= 0.3 is 5.97 Å². The first kappa shape index (κ1) is 26.0. The minimum atomic E-state index is -1.36. The highest BCUT2D eigenvalue weighted by molar-refractivity contribution is 6.31. The van der Waals surface area contributed by atoms with E-state index in [1.807, 2.05) is 13.8 Å². The number of nitrogens with zero attached hydrogens (tertiary/aromatic N) is 2. The number of aliphatic hydroxyl groups is 1. The Balaban J connectivity index is 1.91. The van der Waals surface area contributed by atoms with E-state index in [2.05, 4.69) is 4.90 Å². The second-order valence-corrected chi connectivity index (χ2v) is 9.94. The molecule has 1 atom stereocenters. The Labute approximate surface area is 213 Å². The van der Waals surface area contributed by atoms with Crippen molar-refractivity contribution >= 4 is 34.2 Å². The number of aromatic carboxylic acids is 1. The van der Waals surface area contributed by atoms with Gasteiger partial charge in [0, 0.05) is 42.8 Å². The summed E-state index contributed by atoms with van der Waals surface area (Å²) in [5.41, 5.74) is 1.10. The third-order valence-electron chi connectivity index (χ3n) is 6.92. The average molecular weight is 517 g/mol. The second kappa shape index (κ2) is 10.5. The van der Waals surface area contributed by atoms with Gasteiger partial charge in [0.05, 0.1) is 30.3 Å². The van der Waals surface area contributed by atoms with Gasteiger partial charge in [-0.3, -0.25) is 4.79 Å². The molecule has 1 aliphatic rings. The fourth-order valence-corrected chi connectivity index (χ4v) is 5.15. The number of carboxylic acids is 1. The highest BCUT2D eigenvalue weighted by Crippen LogP contribution is 2.34. The summed E-state index contributed by atoms with van der Waals surface area (Å²) in [5.74, 6) is -1.53. The number of rotatable bonds is 8. The summed E-state index contributed by atoms with van der Waals surface area (Å²) in [5, 5.41) is 19.9. The highest BCUT2D eigenvalue weighted by Gasteiger charge is 2.24. The van der Waals surface area contributed by atoms with Crippen LogP contribution in [0.3, 0.4) is 0 Å². The van der Waals surface area contributed by atoms with Crippen molar-refractivity contribution in [2.75, 3.05) is 31.7 Å². The monoisotopic (exact) mass is 516 g/mol. The maximum atomic E-state index is 15.1. The van der Waals surface area contributed by atoms with Crippen LogP contribution >= 0.6 is 11.6 Å². The van der Waals surface area contributed by atoms with Crippen LogP contribution in [-0.4, -0.2) is 47.6 Å². The Morgan fingerprint density at radius 1 is 1.17 bits per heavy atom. The molecular formula is C27H30ClFN2O5. The number of benzene rings is 2. The summed E-state index contributed by atoms with van der Waals surface area (Å²) in [6, 6.07) is 6.14. The van der Waals surface area contributed by atoms with Crippen molar-refractivity contribution in [2.24, 2.45) is 5.92 Å². The van der Waals surface area contributed by atoms with Crippen LogP contribution < -0.4 is 15.1 Å². The van der Waals surface area contributed by atoms with E-state index in [-0.39, 0.29) is 29.4 Å². The van der Waals surface area contributed by atoms with Crippen LogP contribution in [-0.2, 0) is 6.42 Å². The van der Waals surface area contributed by atoms with Gasteiger partial charge in [0.1, 0.15) is 17.1 Å². The van der Waals surface area contributed by atoms with Crippen molar-refractivity contribution in [3.8, 4) is 5.75 Å². The molecule has 1 aromatic heterocycles. The molecule has 7 nitrogen and oxygen atoms in total. The molecule has 0 amide bonds. The van der Waals surface area contributed by atoms with E-state index < -0.39 is 28.8 Å². The maximum absolute atomic E-state index is 15.1. The molecule has 9 heteroatoms. The molecule has 36 heavy (non-hydrogen) atoms. The van der Waals surface area contributed by atoms with Gasteiger partial charge in [0.25, 0.3) is 0 Å².